The minimum Gasteiger partial charge on any atom is -0.381 e. The van der Waals surface area contributed by atoms with Crippen molar-refractivity contribution in [1.82, 2.24) is 0 Å². The SMILES string of the molecule is C=CCNc1ccc(F)cc1CN. The van der Waals surface area contributed by atoms with E-state index in [4.69, 9.17) is 5.73 Å². The van der Waals surface area contributed by atoms with Crippen molar-refractivity contribution in [2.75, 3.05) is 11.9 Å². The fraction of sp³-hybridized carbons (Fsp3) is 0.200. The van der Waals surface area contributed by atoms with Gasteiger partial charge in [0, 0.05) is 18.8 Å². The van der Waals surface area contributed by atoms with Crippen LogP contribution in [0.2, 0.25) is 0 Å². The third-order valence-electron chi connectivity index (χ3n) is 1.72. The normalized spacial score (nSPS) is 9.69. The summed E-state index contributed by atoms with van der Waals surface area (Å²) in [6.07, 6.45) is 1.74. The third kappa shape index (κ3) is 2.56. The smallest absolute Gasteiger partial charge is 0.123 e. The minimum atomic E-state index is -0.260. The molecular formula is C10H13FN2. The number of rotatable bonds is 4. The van der Waals surface area contributed by atoms with Crippen molar-refractivity contribution < 1.29 is 4.39 Å². The second-order valence-electron chi connectivity index (χ2n) is 2.68. The first kappa shape index (κ1) is 9.74. The molecule has 0 saturated carbocycles. The van der Waals surface area contributed by atoms with E-state index in [-0.39, 0.29) is 5.82 Å². The van der Waals surface area contributed by atoms with Crippen LogP contribution in [0.1, 0.15) is 5.56 Å². The van der Waals surface area contributed by atoms with Crippen molar-refractivity contribution in [3.05, 3.63) is 42.2 Å². The van der Waals surface area contributed by atoms with Crippen LogP contribution in [0.25, 0.3) is 0 Å². The number of benzene rings is 1. The Morgan fingerprint density at radius 1 is 1.54 bits per heavy atom. The minimum absolute atomic E-state index is 0.260. The largest absolute Gasteiger partial charge is 0.381 e. The van der Waals surface area contributed by atoms with Gasteiger partial charge in [0.1, 0.15) is 5.82 Å². The molecule has 0 fully saturated rings. The van der Waals surface area contributed by atoms with Gasteiger partial charge in [0.25, 0.3) is 0 Å². The Labute approximate surface area is 77.3 Å². The monoisotopic (exact) mass is 180 g/mol. The van der Waals surface area contributed by atoms with Crippen LogP contribution in [0.5, 0.6) is 0 Å². The lowest BCUT2D eigenvalue weighted by Crippen LogP contribution is -2.05. The molecule has 0 heterocycles. The van der Waals surface area contributed by atoms with Crippen LogP contribution < -0.4 is 11.1 Å². The number of hydrogen-bond acceptors (Lipinski definition) is 2. The molecule has 0 radical (unpaired) electrons. The molecule has 0 aliphatic heterocycles. The van der Waals surface area contributed by atoms with E-state index in [0.717, 1.165) is 11.3 Å². The molecule has 1 aromatic rings. The van der Waals surface area contributed by atoms with E-state index in [1.54, 1.807) is 12.1 Å². The molecule has 0 aliphatic carbocycles. The predicted molar refractivity (Wildman–Crippen MR) is 53.0 cm³/mol. The van der Waals surface area contributed by atoms with E-state index in [1.807, 2.05) is 0 Å². The van der Waals surface area contributed by atoms with Gasteiger partial charge in [-0.1, -0.05) is 6.08 Å². The van der Waals surface area contributed by atoms with Gasteiger partial charge < -0.3 is 11.1 Å². The molecule has 3 N–H and O–H groups in total. The fourth-order valence-corrected chi connectivity index (χ4v) is 1.09. The Morgan fingerprint density at radius 2 is 2.31 bits per heavy atom. The summed E-state index contributed by atoms with van der Waals surface area (Å²) in [5.41, 5.74) is 7.10. The van der Waals surface area contributed by atoms with E-state index in [0.29, 0.717) is 13.1 Å². The van der Waals surface area contributed by atoms with Crippen molar-refractivity contribution in [3.8, 4) is 0 Å². The zero-order valence-electron chi connectivity index (χ0n) is 7.39. The summed E-state index contributed by atoms with van der Waals surface area (Å²) in [5.74, 6) is -0.260. The number of anilines is 1. The fourth-order valence-electron chi connectivity index (χ4n) is 1.09. The van der Waals surface area contributed by atoms with E-state index in [1.165, 1.54) is 12.1 Å². The summed E-state index contributed by atoms with van der Waals surface area (Å²) in [6.45, 7) is 4.56. The standard InChI is InChI=1S/C10H13FN2/c1-2-5-13-10-4-3-9(11)6-8(10)7-12/h2-4,6,13H,1,5,7,12H2. The van der Waals surface area contributed by atoms with Crippen LogP contribution in [-0.2, 0) is 6.54 Å². The van der Waals surface area contributed by atoms with Crippen molar-refractivity contribution in [1.29, 1.82) is 0 Å². The molecule has 13 heavy (non-hydrogen) atoms. The van der Waals surface area contributed by atoms with Crippen molar-refractivity contribution >= 4 is 5.69 Å². The molecule has 70 valence electrons. The van der Waals surface area contributed by atoms with Gasteiger partial charge in [-0.2, -0.15) is 0 Å². The summed E-state index contributed by atoms with van der Waals surface area (Å²) < 4.78 is 12.8. The lowest BCUT2D eigenvalue weighted by Gasteiger charge is -2.08. The Balaban J connectivity index is 2.85. The van der Waals surface area contributed by atoms with Gasteiger partial charge >= 0.3 is 0 Å². The first-order valence-electron chi connectivity index (χ1n) is 4.11. The second kappa shape index (κ2) is 4.62. The highest BCUT2D eigenvalue weighted by Gasteiger charge is 2.00. The third-order valence-corrected chi connectivity index (χ3v) is 1.72. The summed E-state index contributed by atoms with van der Waals surface area (Å²) in [4.78, 5) is 0. The second-order valence-corrected chi connectivity index (χ2v) is 2.68. The van der Waals surface area contributed by atoms with Gasteiger partial charge in [-0.15, -0.1) is 6.58 Å². The highest BCUT2D eigenvalue weighted by molar-refractivity contribution is 5.51. The molecule has 0 bridgehead atoms. The Morgan fingerprint density at radius 3 is 2.92 bits per heavy atom. The number of nitrogens with two attached hydrogens (primary N) is 1. The lowest BCUT2D eigenvalue weighted by atomic mass is 10.1. The molecule has 3 heteroatoms. The summed E-state index contributed by atoms with van der Waals surface area (Å²) in [7, 11) is 0. The maximum atomic E-state index is 12.8. The van der Waals surface area contributed by atoms with Crippen LogP contribution in [0.3, 0.4) is 0 Å². The molecule has 1 aromatic carbocycles. The maximum absolute atomic E-state index is 12.8. The van der Waals surface area contributed by atoms with Gasteiger partial charge in [0.2, 0.25) is 0 Å². The Kier molecular flexibility index (Phi) is 3.46. The van der Waals surface area contributed by atoms with Crippen LogP contribution in [0, 0.1) is 5.82 Å². The first-order chi connectivity index (χ1) is 6.27. The molecule has 1 rings (SSSR count). The number of hydrogen-bond donors (Lipinski definition) is 2. The average molecular weight is 180 g/mol. The van der Waals surface area contributed by atoms with Gasteiger partial charge in [-0.25, -0.2) is 4.39 Å². The molecule has 0 amide bonds. The van der Waals surface area contributed by atoms with Gasteiger partial charge in [-0.3, -0.25) is 0 Å². The lowest BCUT2D eigenvalue weighted by molar-refractivity contribution is 0.625. The topological polar surface area (TPSA) is 38.0 Å². The predicted octanol–water partition coefficient (Wildman–Crippen LogP) is 1.88. The van der Waals surface area contributed by atoms with Crippen LogP contribution >= 0.6 is 0 Å². The highest BCUT2D eigenvalue weighted by Crippen LogP contribution is 2.15. The quantitative estimate of drug-likeness (QED) is 0.694. The van der Waals surface area contributed by atoms with E-state index in [2.05, 4.69) is 11.9 Å². The molecule has 0 unspecified atom stereocenters. The van der Waals surface area contributed by atoms with Crippen LogP contribution in [-0.4, -0.2) is 6.54 Å². The van der Waals surface area contributed by atoms with Crippen molar-refractivity contribution in [2.45, 2.75) is 6.54 Å². The molecular weight excluding hydrogens is 167 g/mol. The van der Waals surface area contributed by atoms with Gasteiger partial charge in [0.15, 0.2) is 0 Å². The number of nitrogens with one attached hydrogen (secondary N) is 1. The zero-order chi connectivity index (χ0) is 9.68. The Bertz CT molecular complexity index is 297. The van der Waals surface area contributed by atoms with Crippen LogP contribution in [0.4, 0.5) is 10.1 Å². The van der Waals surface area contributed by atoms with Gasteiger partial charge in [-0.05, 0) is 23.8 Å². The Hall–Kier alpha value is -1.35. The molecule has 0 aliphatic rings. The molecule has 2 nitrogen and oxygen atoms in total. The zero-order valence-corrected chi connectivity index (χ0v) is 7.39. The molecule has 0 spiro atoms. The van der Waals surface area contributed by atoms with Crippen molar-refractivity contribution in [3.63, 3.8) is 0 Å². The maximum Gasteiger partial charge on any atom is 0.123 e. The van der Waals surface area contributed by atoms with E-state index < -0.39 is 0 Å². The molecule has 0 atom stereocenters. The number of halogens is 1. The van der Waals surface area contributed by atoms with Crippen LogP contribution in [0.15, 0.2) is 30.9 Å². The van der Waals surface area contributed by atoms with E-state index in [9.17, 15) is 4.39 Å². The summed E-state index contributed by atoms with van der Waals surface area (Å²) in [5, 5.41) is 3.08. The van der Waals surface area contributed by atoms with Gasteiger partial charge in [0.05, 0.1) is 0 Å². The molecule has 0 saturated heterocycles. The molecule has 0 aromatic heterocycles. The van der Waals surface area contributed by atoms with E-state index >= 15 is 0 Å². The highest BCUT2D eigenvalue weighted by atomic mass is 19.1. The first-order valence-corrected chi connectivity index (χ1v) is 4.11. The van der Waals surface area contributed by atoms with Crippen molar-refractivity contribution in [2.24, 2.45) is 5.73 Å². The summed E-state index contributed by atoms with van der Waals surface area (Å²) >= 11 is 0. The average Bonchev–Trinajstić information content (AvgIpc) is 2.16. The summed E-state index contributed by atoms with van der Waals surface area (Å²) in [6, 6.07) is 4.52.